The Labute approximate surface area is 135 Å². The van der Waals surface area contributed by atoms with Crippen LogP contribution in [0.4, 0.5) is 0 Å². The van der Waals surface area contributed by atoms with Crippen molar-refractivity contribution in [2.45, 2.75) is 6.54 Å². The second-order valence-electron chi connectivity index (χ2n) is 4.67. The predicted octanol–water partition coefficient (Wildman–Crippen LogP) is 3.53. The largest absolute Gasteiger partial charge is 0.491 e. The fraction of sp³-hybridized carbons (Fsp3) is 0.200. The van der Waals surface area contributed by atoms with Gasteiger partial charge in [-0.15, -0.1) is 0 Å². The predicted molar refractivity (Wildman–Crippen MR) is 83.6 cm³/mol. The average molecular weight is 368 g/mol. The molecular formula is C15H12BrClN2O2. The van der Waals surface area contributed by atoms with E-state index in [0.717, 1.165) is 15.8 Å². The molecule has 3 rings (SSSR count). The molecule has 1 aromatic heterocycles. The molecule has 21 heavy (non-hydrogen) atoms. The highest BCUT2D eigenvalue weighted by Crippen LogP contribution is 2.25. The second-order valence-corrected chi connectivity index (χ2v) is 5.95. The van der Waals surface area contributed by atoms with Crippen molar-refractivity contribution in [2.24, 2.45) is 0 Å². The van der Waals surface area contributed by atoms with Crippen molar-refractivity contribution in [1.29, 1.82) is 0 Å². The third kappa shape index (κ3) is 3.04. The van der Waals surface area contributed by atoms with Crippen LogP contribution in [0.5, 0.6) is 5.75 Å². The minimum absolute atomic E-state index is 0.144. The average Bonchev–Trinajstić information content (AvgIpc) is 2.71. The van der Waals surface area contributed by atoms with Gasteiger partial charge in [0.25, 0.3) is 5.91 Å². The number of aromatic nitrogens is 1. The van der Waals surface area contributed by atoms with Crippen molar-refractivity contribution in [1.82, 2.24) is 9.88 Å². The molecule has 0 radical (unpaired) electrons. The van der Waals surface area contributed by atoms with Gasteiger partial charge in [0.15, 0.2) is 0 Å². The van der Waals surface area contributed by atoms with E-state index < -0.39 is 0 Å². The molecule has 0 bridgehead atoms. The van der Waals surface area contributed by atoms with Gasteiger partial charge in [-0.05, 0) is 28.1 Å². The van der Waals surface area contributed by atoms with Crippen LogP contribution in [0.15, 0.2) is 41.0 Å². The molecule has 108 valence electrons. The Bertz CT molecular complexity index is 693. The lowest BCUT2D eigenvalue weighted by Crippen LogP contribution is -2.32. The van der Waals surface area contributed by atoms with E-state index in [1.807, 2.05) is 24.3 Å². The molecule has 1 aromatic carbocycles. The van der Waals surface area contributed by atoms with Gasteiger partial charge >= 0.3 is 0 Å². The quantitative estimate of drug-likeness (QED) is 0.724. The van der Waals surface area contributed by atoms with Crippen molar-refractivity contribution >= 4 is 33.4 Å². The van der Waals surface area contributed by atoms with Gasteiger partial charge in [0, 0.05) is 22.8 Å². The maximum Gasteiger partial charge on any atom is 0.257 e. The van der Waals surface area contributed by atoms with E-state index in [2.05, 4.69) is 20.9 Å². The molecule has 2 heterocycles. The maximum absolute atomic E-state index is 12.7. The van der Waals surface area contributed by atoms with Crippen LogP contribution in [0.2, 0.25) is 5.15 Å². The van der Waals surface area contributed by atoms with Gasteiger partial charge in [-0.25, -0.2) is 4.98 Å². The Morgan fingerprint density at radius 1 is 1.38 bits per heavy atom. The Hall–Kier alpha value is -1.59. The SMILES string of the molecule is O=C(c1cc(Br)cnc1Cl)N1CCOc2ccccc2C1. The Morgan fingerprint density at radius 2 is 2.19 bits per heavy atom. The summed E-state index contributed by atoms with van der Waals surface area (Å²) in [6.07, 6.45) is 1.57. The van der Waals surface area contributed by atoms with Crippen molar-refractivity contribution < 1.29 is 9.53 Å². The monoisotopic (exact) mass is 366 g/mol. The number of carbonyl (C=O) groups excluding carboxylic acids is 1. The molecule has 0 saturated carbocycles. The number of ether oxygens (including phenoxy) is 1. The zero-order valence-corrected chi connectivity index (χ0v) is 13.4. The Kier molecular flexibility index (Phi) is 4.12. The van der Waals surface area contributed by atoms with Gasteiger partial charge in [-0.3, -0.25) is 4.79 Å². The lowest BCUT2D eigenvalue weighted by atomic mass is 10.1. The zero-order valence-electron chi connectivity index (χ0n) is 11.1. The Balaban J connectivity index is 1.90. The number of hydrogen-bond acceptors (Lipinski definition) is 3. The number of amides is 1. The number of hydrogen-bond donors (Lipinski definition) is 0. The highest BCUT2D eigenvalue weighted by molar-refractivity contribution is 9.10. The first-order valence-corrected chi connectivity index (χ1v) is 7.63. The molecule has 0 atom stereocenters. The third-order valence-corrected chi connectivity index (χ3v) is 4.01. The fourth-order valence-electron chi connectivity index (χ4n) is 2.24. The lowest BCUT2D eigenvalue weighted by Gasteiger charge is -2.20. The number of fused-ring (bicyclic) bond motifs is 1. The van der Waals surface area contributed by atoms with Crippen molar-refractivity contribution in [3.63, 3.8) is 0 Å². The maximum atomic E-state index is 12.7. The number of rotatable bonds is 1. The second kappa shape index (κ2) is 6.03. The van der Waals surface area contributed by atoms with Crippen LogP contribution < -0.4 is 4.74 Å². The molecule has 1 aliphatic rings. The van der Waals surface area contributed by atoms with E-state index in [0.29, 0.717) is 25.3 Å². The first-order valence-electron chi connectivity index (χ1n) is 6.46. The first kappa shape index (κ1) is 14.4. The van der Waals surface area contributed by atoms with Gasteiger partial charge in [-0.2, -0.15) is 0 Å². The van der Waals surface area contributed by atoms with Crippen molar-refractivity contribution in [2.75, 3.05) is 13.2 Å². The molecule has 1 amide bonds. The number of nitrogens with zero attached hydrogens (tertiary/aromatic N) is 2. The van der Waals surface area contributed by atoms with Crippen molar-refractivity contribution in [3.05, 3.63) is 57.3 Å². The standard InChI is InChI=1S/C15H12BrClN2O2/c16-11-7-12(14(17)18-8-11)15(20)19-5-6-21-13-4-2-1-3-10(13)9-19/h1-4,7-8H,5-6,9H2. The lowest BCUT2D eigenvalue weighted by molar-refractivity contribution is 0.0733. The molecule has 0 saturated heterocycles. The molecule has 0 N–H and O–H groups in total. The molecular weight excluding hydrogens is 356 g/mol. The molecule has 2 aromatic rings. The summed E-state index contributed by atoms with van der Waals surface area (Å²) in [4.78, 5) is 18.4. The van der Waals surface area contributed by atoms with Crippen LogP contribution in [0.3, 0.4) is 0 Å². The third-order valence-electron chi connectivity index (χ3n) is 3.28. The molecule has 4 nitrogen and oxygen atoms in total. The van der Waals surface area contributed by atoms with Gasteiger partial charge < -0.3 is 9.64 Å². The zero-order chi connectivity index (χ0) is 14.8. The van der Waals surface area contributed by atoms with E-state index >= 15 is 0 Å². The number of halogens is 2. The van der Waals surface area contributed by atoms with E-state index in [9.17, 15) is 4.79 Å². The highest BCUT2D eigenvalue weighted by Gasteiger charge is 2.23. The van der Waals surface area contributed by atoms with E-state index in [1.54, 1.807) is 17.2 Å². The molecule has 0 aliphatic carbocycles. The number of benzene rings is 1. The number of carbonyl (C=O) groups is 1. The van der Waals surface area contributed by atoms with Crippen LogP contribution in [0.1, 0.15) is 15.9 Å². The summed E-state index contributed by atoms with van der Waals surface area (Å²) in [5.74, 6) is 0.681. The van der Waals surface area contributed by atoms with E-state index in [-0.39, 0.29) is 11.1 Å². The van der Waals surface area contributed by atoms with Crippen LogP contribution in [-0.4, -0.2) is 28.9 Å². The van der Waals surface area contributed by atoms with Crippen LogP contribution in [0.25, 0.3) is 0 Å². The van der Waals surface area contributed by atoms with Gasteiger partial charge in [0.05, 0.1) is 12.1 Å². The minimum Gasteiger partial charge on any atom is -0.491 e. The molecule has 0 spiro atoms. The van der Waals surface area contributed by atoms with Crippen molar-refractivity contribution in [3.8, 4) is 5.75 Å². The Morgan fingerprint density at radius 3 is 3.05 bits per heavy atom. The van der Waals surface area contributed by atoms with Crippen LogP contribution >= 0.6 is 27.5 Å². The minimum atomic E-state index is -0.144. The molecule has 1 aliphatic heterocycles. The first-order chi connectivity index (χ1) is 10.1. The van der Waals surface area contributed by atoms with Gasteiger partial charge in [0.1, 0.15) is 17.5 Å². The summed E-state index contributed by atoms with van der Waals surface area (Å²) in [5.41, 5.74) is 1.38. The molecule has 0 fully saturated rings. The van der Waals surface area contributed by atoms with E-state index in [4.69, 9.17) is 16.3 Å². The van der Waals surface area contributed by atoms with Gasteiger partial charge in [0.2, 0.25) is 0 Å². The summed E-state index contributed by atoms with van der Waals surface area (Å²) < 4.78 is 6.39. The number of para-hydroxylation sites is 1. The molecule has 6 heteroatoms. The summed E-state index contributed by atoms with van der Waals surface area (Å²) in [7, 11) is 0. The smallest absolute Gasteiger partial charge is 0.257 e. The fourth-order valence-corrected chi connectivity index (χ4v) is 2.76. The normalized spacial score (nSPS) is 14.1. The number of pyridine rings is 1. The summed E-state index contributed by atoms with van der Waals surface area (Å²) in [5, 5.41) is 0.210. The van der Waals surface area contributed by atoms with Crippen LogP contribution in [0, 0.1) is 0 Å². The highest BCUT2D eigenvalue weighted by atomic mass is 79.9. The summed E-state index contributed by atoms with van der Waals surface area (Å²) in [6.45, 7) is 1.47. The van der Waals surface area contributed by atoms with Gasteiger partial charge in [-0.1, -0.05) is 29.8 Å². The summed E-state index contributed by atoms with van der Waals surface area (Å²) >= 11 is 9.35. The van der Waals surface area contributed by atoms with E-state index in [1.165, 1.54) is 0 Å². The topological polar surface area (TPSA) is 42.4 Å². The molecule has 0 unspecified atom stereocenters. The van der Waals surface area contributed by atoms with Crippen LogP contribution in [-0.2, 0) is 6.54 Å². The summed E-state index contributed by atoms with van der Waals surface area (Å²) in [6, 6.07) is 9.42.